The molecule has 0 aromatic heterocycles. The number of esters is 2. The molecule has 1 N–H and O–H groups in total. The number of fused-ring (bicyclic) bond motifs is 1. The molecule has 2 aromatic rings. The smallest absolute Gasteiger partial charge is 0.337 e. The first-order chi connectivity index (χ1) is 17.1. The predicted molar refractivity (Wildman–Crippen MR) is 129 cm³/mol. The lowest BCUT2D eigenvalue weighted by Gasteiger charge is -2.19. The first-order valence-corrected chi connectivity index (χ1v) is 13.0. The first-order valence-electron chi connectivity index (χ1n) is 11.1. The van der Waals surface area contributed by atoms with Gasteiger partial charge in [-0.2, -0.15) is 0 Å². The Hall–Kier alpha value is -3.44. The molecule has 0 bridgehead atoms. The molecule has 10 nitrogen and oxygen atoms in total. The highest BCUT2D eigenvalue weighted by molar-refractivity contribution is 7.92. The van der Waals surface area contributed by atoms with E-state index in [0.717, 1.165) is 38.0 Å². The standard InChI is InChI=1S/C24H23ClN2O8S/c1-34-23(30)13-9-14(24(31)35-2)11-15(10-13)26-36(32,33)16-7-8-19(25)20(12-16)27-21(28)17-5-3-4-6-18(17)22(27)29/h7-12,17-18,26H,3-6H2,1-2H3. The maximum Gasteiger partial charge on any atom is 0.337 e. The fourth-order valence-corrected chi connectivity index (χ4v) is 5.86. The minimum absolute atomic E-state index is 0.0116. The van der Waals surface area contributed by atoms with Crippen LogP contribution in [-0.2, 0) is 29.1 Å². The Bertz CT molecular complexity index is 1320. The average Bonchev–Trinajstić information content (AvgIpc) is 3.12. The van der Waals surface area contributed by atoms with Crippen LogP contribution in [0.5, 0.6) is 0 Å². The molecule has 0 spiro atoms. The summed E-state index contributed by atoms with van der Waals surface area (Å²) in [7, 11) is -2.02. The molecule has 4 rings (SSSR count). The Morgan fingerprint density at radius 1 is 0.917 bits per heavy atom. The molecule has 1 heterocycles. The number of sulfonamides is 1. The van der Waals surface area contributed by atoms with E-state index < -0.39 is 33.8 Å². The molecule has 2 aromatic carbocycles. The second-order valence-electron chi connectivity index (χ2n) is 8.51. The maximum absolute atomic E-state index is 13.2. The molecule has 1 aliphatic carbocycles. The van der Waals surface area contributed by atoms with Crippen molar-refractivity contribution in [3.8, 4) is 0 Å². The summed E-state index contributed by atoms with van der Waals surface area (Å²) in [5, 5.41) is 0.0509. The number of ether oxygens (including phenoxy) is 2. The van der Waals surface area contributed by atoms with Crippen molar-refractivity contribution in [1.29, 1.82) is 0 Å². The third-order valence-corrected chi connectivity index (χ3v) is 8.04. The number of nitrogens with zero attached hydrogens (tertiary/aromatic N) is 1. The Labute approximate surface area is 212 Å². The van der Waals surface area contributed by atoms with Gasteiger partial charge in [-0.05, 0) is 49.2 Å². The summed E-state index contributed by atoms with van der Waals surface area (Å²) in [6.45, 7) is 0. The van der Waals surface area contributed by atoms with E-state index in [0.29, 0.717) is 12.8 Å². The second-order valence-corrected chi connectivity index (χ2v) is 10.6. The molecular weight excluding hydrogens is 512 g/mol. The van der Waals surface area contributed by atoms with Crippen molar-refractivity contribution in [1.82, 2.24) is 0 Å². The summed E-state index contributed by atoms with van der Waals surface area (Å²) < 4.78 is 38.1. The summed E-state index contributed by atoms with van der Waals surface area (Å²) in [5.41, 5.74) is -0.270. The highest BCUT2D eigenvalue weighted by atomic mass is 35.5. The van der Waals surface area contributed by atoms with Gasteiger partial charge in [0.2, 0.25) is 11.8 Å². The minimum atomic E-state index is -4.30. The molecule has 2 atom stereocenters. The van der Waals surface area contributed by atoms with E-state index in [2.05, 4.69) is 14.2 Å². The van der Waals surface area contributed by atoms with Crippen molar-refractivity contribution in [3.05, 3.63) is 52.5 Å². The van der Waals surface area contributed by atoms with Crippen LogP contribution in [0.1, 0.15) is 46.4 Å². The van der Waals surface area contributed by atoms with E-state index in [-0.39, 0.29) is 44.2 Å². The second kappa shape index (κ2) is 9.90. The van der Waals surface area contributed by atoms with Crippen LogP contribution in [0.3, 0.4) is 0 Å². The molecule has 1 saturated heterocycles. The zero-order valence-corrected chi connectivity index (χ0v) is 21.0. The van der Waals surface area contributed by atoms with E-state index >= 15 is 0 Å². The molecular formula is C24H23ClN2O8S. The van der Waals surface area contributed by atoms with Gasteiger partial charge in [0.15, 0.2) is 0 Å². The van der Waals surface area contributed by atoms with Gasteiger partial charge in [0.1, 0.15) is 0 Å². The summed E-state index contributed by atoms with van der Waals surface area (Å²) in [5.74, 6) is -3.22. The van der Waals surface area contributed by atoms with E-state index in [1.54, 1.807) is 0 Å². The zero-order valence-electron chi connectivity index (χ0n) is 19.4. The number of nitrogens with one attached hydrogen (secondary N) is 1. The van der Waals surface area contributed by atoms with Gasteiger partial charge in [0.25, 0.3) is 10.0 Å². The number of benzene rings is 2. The lowest BCUT2D eigenvalue weighted by atomic mass is 9.81. The van der Waals surface area contributed by atoms with Gasteiger partial charge < -0.3 is 9.47 Å². The minimum Gasteiger partial charge on any atom is -0.465 e. The van der Waals surface area contributed by atoms with Crippen LogP contribution in [-0.4, -0.2) is 46.4 Å². The molecule has 2 fully saturated rings. The number of hydrogen-bond acceptors (Lipinski definition) is 8. The summed E-state index contributed by atoms with van der Waals surface area (Å²) >= 11 is 6.29. The zero-order chi connectivity index (χ0) is 26.2. The van der Waals surface area contributed by atoms with E-state index in [9.17, 15) is 27.6 Å². The third kappa shape index (κ3) is 4.68. The van der Waals surface area contributed by atoms with Crippen LogP contribution in [0.15, 0.2) is 41.3 Å². The highest BCUT2D eigenvalue weighted by Crippen LogP contribution is 2.42. The third-order valence-electron chi connectivity index (χ3n) is 6.34. The number of amides is 2. The number of carbonyl (C=O) groups is 4. The topological polar surface area (TPSA) is 136 Å². The summed E-state index contributed by atoms with van der Waals surface area (Å²) in [4.78, 5) is 50.8. The fraction of sp³-hybridized carbons (Fsp3) is 0.333. The first kappa shape index (κ1) is 25.6. The molecule has 36 heavy (non-hydrogen) atoms. The van der Waals surface area contributed by atoms with Crippen LogP contribution >= 0.6 is 11.6 Å². The molecule has 2 unspecified atom stereocenters. The highest BCUT2D eigenvalue weighted by Gasteiger charge is 2.49. The Balaban J connectivity index is 1.70. The number of methoxy groups -OCH3 is 2. The largest absolute Gasteiger partial charge is 0.465 e. The molecule has 2 amide bonds. The van der Waals surface area contributed by atoms with Crippen LogP contribution in [0.4, 0.5) is 11.4 Å². The van der Waals surface area contributed by atoms with Gasteiger partial charge in [-0.3, -0.25) is 14.3 Å². The van der Waals surface area contributed by atoms with Crippen molar-refractivity contribution in [2.45, 2.75) is 30.6 Å². The molecule has 190 valence electrons. The van der Waals surface area contributed by atoms with Crippen LogP contribution in [0, 0.1) is 11.8 Å². The number of anilines is 2. The van der Waals surface area contributed by atoms with Crippen molar-refractivity contribution in [3.63, 3.8) is 0 Å². The number of halogens is 1. The van der Waals surface area contributed by atoms with Crippen molar-refractivity contribution < 1.29 is 37.1 Å². The van der Waals surface area contributed by atoms with Crippen LogP contribution in [0.2, 0.25) is 5.02 Å². The SMILES string of the molecule is COC(=O)c1cc(NS(=O)(=O)c2ccc(Cl)c(N3C(=O)C4CCCCC4C3=O)c2)cc(C(=O)OC)c1. The Kier molecular flexibility index (Phi) is 7.05. The molecule has 2 aliphatic rings. The molecule has 12 heteroatoms. The van der Waals surface area contributed by atoms with Gasteiger partial charge in [-0.15, -0.1) is 0 Å². The Morgan fingerprint density at radius 3 is 1.94 bits per heavy atom. The van der Waals surface area contributed by atoms with E-state index in [1.807, 2.05) is 0 Å². The predicted octanol–water partition coefficient (Wildman–Crippen LogP) is 3.39. The monoisotopic (exact) mass is 534 g/mol. The average molecular weight is 535 g/mol. The Morgan fingerprint density at radius 2 is 1.44 bits per heavy atom. The van der Waals surface area contributed by atoms with Gasteiger partial charge in [0, 0.05) is 0 Å². The number of imide groups is 1. The van der Waals surface area contributed by atoms with E-state index in [1.165, 1.54) is 30.3 Å². The summed E-state index contributed by atoms with van der Waals surface area (Å²) in [6.07, 6.45) is 2.89. The molecule has 1 saturated carbocycles. The quantitative estimate of drug-likeness (QED) is 0.440. The van der Waals surface area contributed by atoms with Crippen molar-refractivity contribution in [2.24, 2.45) is 11.8 Å². The van der Waals surface area contributed by atoms with Crippen LogP contribution in [0.25, 0.3) is 0 Å². The van der Waals surface area contributed by atoms with E-state index in [4.69, 9.17) is 11.6 Å². The fourth-order valence-electron chi connectivity index (χ4n) is 4.60. The number of rotatable bonds is 6. The van der Waals surface area contributed by atoms with Crippen molar-refractivity contribution >= 4 is 56.8 Å². The van der Waals surface area contributed by atoms with Crippen molar-refractivity contribution in [2.75, 3.05) is 23.8 Å². The normalized spacial score (nSPS) is 19.6. The number of hydrogen-bond donors (Lipinski definition) is 1. The van der Waals surface area contributed by atoms with Gasteiger partial charge in [0.05, 0.1) is 58.5 Å². The van der Waals surface area contributed by atoms with Gasteiger partial charge in [-0.25, -0.2) is 22.9 Å². The summed E-state index contributed by atoms with van der Waals surface area (Å²) in [6, 6.07) is 7.27. The van der Waals surface area contributed by atoms with Crippen LogP contribution < -0.4 is 9.62 Å². The number of carbonyl (C=O) groups excluding carboxylic acids is 4. The maximum atomic E-state index is 13.2. The van der Waals surface area contributed by atoms with Gasteiger partial charge >= 0.3 is 11.9 Å². The molecule has 1 aliphatic heterocycles. The lowest BCUT2D eigenvalue weighted by Crippen LogP contribution is -2.31. The molecule has 0 radical (unpaired) electrons. The van der Waals surface area contributed by atoms with Gasteiger partial charge in [-0.1, -0.05) is 24.4 Å². The lowest BCUT2D eigenvalue weighted by molar-refractivity contribution is -0.122.